The minimum Gasteiger partial charge on any atom is -0.435 e. The van der Waals surface area contributed by atoms with Crippen molar-refractivity contribution in [3.8, 4) is 5.75 Å². The Morgan fingerprint density at radius 1 is 1.09 bits per heavy atom. The fourth-order valence-electron chi connectivity index (χ4n) is 2.14. The molecule has 0 fully saturated rings. The number of hydrogen-bond acceptors (Lipinski definition) is 2. The maximum atomic E-state index is 12.1. The quantitative estimate of drug-likeness (QED) is 0.866. The molecular weight excluding hydrogens is 302 g/mol. The second-order valence-corrected chi connectivity index (χ2v) is 5.10. The molecule has 0 aliphatic rings. The zero-order valence-electron chi connectivity index (χ0n) is 12.9. The second-order valence-electron chi connectivity index (χ2n) is 5.10. The highest BCUT2D eigenvalue weighted by Gasteiger charge is 2.07. The number of nitrogens with one attached hydrogen (secondary N) is 2. The van der Waals surface area contributed by atoms with Crippen LogP contribution in [0.25, 0.3) is 0 Å². The van der Waals surface area contributed by atoms with Gasteiger partial charge in [0.05, 0.1) is 0 Å². The molecule has 2 aromatic rings. The fourth-order valence-corrected chi connectivity index (χ4v) is 2.14. The van der Waals surface area contributed by atoms with Crippen molar-refractivity contribution < 1.29 is 18.3 Å². The number of amides is 2. The third-order valence-electron chi connectivity index (χ3n) is 3.32. The van der Waals surface area contributed by atoms with Crippen LogP contribution in [0.4, 0.5) is 19.3 Å². The Kier molecular flexibility index (Phi) is 5.51. The summed E-state index contributed by atoms with van der Waals surface area (Å²) >= 11 is 0. The standard InChI is InChI=1S/C17H18F2N2O2/c1-11-4-3-5-12(2)15(11)21-17(22)20-10-13-6-8-14(9-7-13)23-16(18)19/h3-9,16H,10H2,1-2H3,(H2,20,21,22). The minimum atomic E-state index is -2.85. The summed E-state index contributed by atoms with van der Waals surface area (Å²) in [7, 11) is 0. The minimum absolute atomic E-state index is 0.0868. The smallest absolute Gasteiger partial charge is 0.387 e. The van der Waals surface area contributed by atoms with Gasteiger partial charge < -0.3 is 15.4 Å². The van der Waals surface area contributed by atoms with Crippen molar-refractivity contribution in [3.63, 3.8) is 0 Å². The van der Waals surface area contributed by atoms with E-state index in [1.54, 1.807) is 12.1 Å². The van der Waals surface area contributed by atoms with E-state index < -0.39 is 6.61 Å². The van der Waals surface area contributed by atoms with Gasteiger partial charge in [-0.2, -0.15) is 8.78 Å². The lowest BCUT2D eigenvalue weighted by Gasteiger charge is -2.12. The summed E-state index contributed by atoms with van der Waals surface area (Å²) in [6.07, 6.45) is 0. The lowest BCUT2D eigenvalue weighted by atomic mass is 10.1. The number of para-hydroxylation sites is 1. The Balaban J connectivity index is 1.89. The number of benzene rings is 2. The van der Waals surface area contributed by atoms with Crippen molar-refractivity contribution in [2.45, 2.75) is 27.0 Å². The van der Waals surface area contributed by atoms with E-state index in [-0.39, 0.29) is 18.3 Å². The molecule has 2 N–H and O–H groups in total. The van der Waals surface area contributed by atoms with Crippen LogP contribution in [0, 0.1) is 13.8 Å². The van der Waals surface area contributed by atoms with Crippen LogP contribution < -0.4 is 15.4 Å². The van der Waals surface area contributed by atoms with Crippen molar-refractivity contribution in [1.29, 1.82) is 0 Å². The molecule has 0 aliphatic carbocycles. The number of rotatable bonds is 5. The molecule has 6 heteroatoms. The van der Waals surface area contributed by atoms with E-state index in [2.05, 4.69) is 15.4 Å². The molecule has 0 heterocycles. The second kappa shape index (κ2) is 7.58. The topological polar surface area (TPSA) is 50.4 Å². The summed E-state index contributed by atoms with van der Waals surface area (Å²) < 4.78 is 28.4. The number of hydrogen-bond donors (Lipinski definition) is 2. The van der Waals surface area contributed by atoms with Gasteiger partial charge in [-0.3, -0.25) is 0 Å². The van der Waals surface area contributed by atoms with Gasteiger partial charge in [0.15, 0.2) is 0 Å². The molecule has 0 aromatic heterocycles. The van der Waals surface area contributed by atoms with Gasteiger partial charge in [0.25, 0.3) is 0 Å². The van der Waals surface area contributed by atoms with Crippen LogP contribution in [0.2, 0.25) is 0 Å². The van der Waals surface area contributed by atoms with E-state index in [4.69, 9.17) is 0 Å². The Labute approximate surface area is 133 Å². The molecular formula is C17H18F2N2O2. The molecule has 0 aliphatic heterocycles. The summed E-state index contributed by atoms with van der Waals surface area (Å²) in [6.45, 7) is 1.28. The SMILES string of the molecule is Cc1cccc(C)c1NC(=O)NCc1ccc(OC(F)F)cc1. The largest absolute Gasteiger partial charge is 0.435 e. The number of urea groups is 1. The zero-order valence-corrected chi connectivity index (χ0v) is 12.9. The first kappa shape index (κ1) is 16.7. The van der Waals surface area contributed by atoms with E-state index in [9.17, 15) is 13.6 Å². The van der Waals surface area contributed by atoms with Gasteiger partial charge in [0.2, 0.25) is 0 Å². The Hall–Kier alpha value is -2.63. The maximum absolute atomic E-state index is 12.1. The van der Waals surface area contributed by atoms with Gasteiger partial charge in [-0.05, 0) is 42.7 Å². The first-order valence-corrected chi connectivity index (χ1v) is 7.10. The first-order chi connectivity index (χ1) is 11.0. The van der Waals surface area contributed by atoms with Crippen LogP contribution in [0.3, 0.4) is 0 Å². The first-order valence-electron chi connectivity index (χ1n) is 7.10. The number of ether oxygens (including phenoxy) is 1. The Morgan fingerprint density at radius 3 is 2.26 bits per heavy atom. The fraction of sp³-hybridized carbons (Fsp3) is 0.235. The van der Waals surface area contributed by atoms with Crippen LogP contribution in [0.1, 0.15) is 16.7 Å². The molecule has 122 valence electrons. The molecule has 2 amide bonds. The molecule has 23 heavy (non-hydrogen) atoms. The molecule has 0 atom stereocenters. The highest BCUT2D eigenvalue weighted by Crippen LogP contribution is 2.19. The molecule has 0 unspecified atom stereocenters. The summed E-state index contributed by atoms with van der Waals surface area (Å²) in [5.41, 5.74) is 3.52. The average Bonchev–Trinajstić information content (AvgIpc) is 2.50. The molecule has 2 aromatic carbocycles. The van der Waals surface area contributed by atoms with Gasteiger partial charge in [0, 0.05) is 12.2 Å². The van der Waals surface area contributed by atoms with Crippen molar-refractivity contribution >= 4 is 11.7 Å². The normalized spacial score (nSPS) is 10.5. The summed E-state index contributed by atoms with van der Waals surface area (Å²) in [4.78, 5) is 12.0. The van der Waals surface area contributed by atoms with Gasteiger partial charge in [-0.1, -0.05) is 30.3 Å². The predicted octanol–water partition coefficient (Wildman–Crippen LogP) is 4.23. The lowest BCUT2D eigenvalue weighted by Crippen LogP contribution is -2.28. The molecule has 0 saturated heterocycles. The Morgan fingerprint density at radius 2 is 1.70 bits per heavy atom. The van der Waals surface area contributed by atoms with E-state index in [1.165, 1.54) is 12.1 Å². The van der Waals surface area contributed by atoms with Crippen molar-refractivity contribution in [2.24, 2.45) is 0 Å². The predicted molar refractivity (Wildman–Crippen MR) is 84.8 cm³/mol. The number of anilines is 1. The molecule has 0 saturated carbocycles. The van der Waals surface area contributed by atoms with Crippen molar-refractivity contribution in [3.05, 3.63) is 59.2 Å². The summed E-state index contributed by atoms with van der Waals surface area (Å²) in [6, 6.07) is 11.6. The van der Waals surface area contributed by atoms with Crippen molar-refractivity contribution in [2.75, 3.05) is 5.32 Å². The highest BCUT2D eigenvalue weighted by atomic mass is 19.3. The monoisotopic (exact) mass is 320 g/mol. The number of alkyl halides is 2. The molecule has 4 nitrogen and oxygen atoms in total. The van der Waals surface area contributed by atoms with Crippen LogP contribution in [-0.4, -0.2) is 12.6 Å². The number of carbonyl (C=O) groups is 1. The highest BCUT2D eigenvalue weighted by molar-refractivity contribution is 5.90. The third kappa shape index (κ3) is 4.95. The molecule has 2 rings (SSSR count). The van der Waals surface area contributed by atoms with Crippen LogP contribution >= 0.6 is 0 Å². The van der Waals surface area contributed by atoms with Gasteiger partial charge >= 0.3 is 12.6 Å². The van der Waals surface area contributed by atoms with E-state index in [1.807, 2.05) is 32.0 Å². The zero-order chi connectivity index (χ0) is 16.8. The third-order valence-corrected chi connectivity index (χ3v) is 3.32. The molecule has 0 spiro atoms. The summed E-state index contributed by atoms with van der Waals surface area (Å²) in [5.74, 6) is 0.0868. The van der Waals surface area contributed by atoms with E-state index in [0.29, 0.717) is 0 Å². The summed E-state index contributed by atoms with van der Waals surface area (Å²) in [5, 5.41) is 5.54. The van der Waals surface area contributed by atoms with Gasteiger partial charge in [-0.15, -0.1) is 0 Å². The molecule has 0 bridgehead atoms. The number of halogens is 2. The number of aryl methyl sites for hydroxylation is 2. The Bertz CT molecular complexity index is 653. The molecule has 0 radical (unpaired) electrons. The van der Waals surface area contributed by atoms with Gasteiger partial charge in [-0.25, -0.2) is 4.79 Å². The van der Waals surface area contributed by atoms with Crippen LogP contribution in [0.5, 0.6) is 5.75 Å². The van der Waals surface area contributed by atoms with Crippen LogP contribution in [-0.2, 0) is 6.54 Å². The van der Waals surface area contributed by atoms with Crippen LogP contribution in [0.15, 0.2) is 42.5 Å². The van der Waals surface area contributed by atoms with Gasteiger partial charge in [0.1, 0.15) is 5.75 Å². The average molecular weight is 320 g/mol. The lowest BCUT2D eigenvalue weighted by molar-refractivity contribution is -0.0498. The van der Waals surface area contributed by atoms with Crippen molar-refractivity contribution in [1.82, 2.24) is 5.32 Å². The van der Waals surface area contributed by atoms with E-state index >= 15 is 0 Å². The number of carbonyl (C=O) groups excluding carboxylic acids is 1. The maximum Gasteiger partial charge on any atom is 0.387 e. The van der Waals surface area contributed by atoms with E-state index in [0.717, 1.165) is 22.4 Å².